The average molecular weight is 391 g/mol. The summed E-state index contributed by atoms with van der Waals surface area (Å²) >= 11 is 0. The minimum atomic E-state index is -3.54. The first-order chi connectivity index (χ1) is 13.0. The maximum atomic E-state index is 13.1. The van der Waals surface area contributed by atoms with E-state index in [0.717, 1.165) is 19.5 Å². The molecule has 146 valence electrons. The van der Waals surface area contributed by atoms with E-state index in [4.69, 9.17) is 4.74 Å². The molecular weight excluding hydrogens is 364 g/mol. The lowest BCUT2D eigenvalue weighted by Gasteiger charge is -2.29. The molecule has 1 aromatic carbocycles. The fourth-order valence-corrected chi connectivity index (χ4v) is 5.75. The fourth-order valence-electron chi connectivity index (χ4n) is 3.97. The molecule has 1 aromatic heterocycles. The molecule has 1 fully saturated rings. The van der Waals surface area contributed by atoms with Crippen molar-refractivity contribution in [3.05, 3.63) is 46.8 Å². The number of aromatic nitrogens is 2. The molecule has 4 rings (SSSR count). The van der Waals surface area contributed by atoms with E-state index >= 15 is 0 Å². The van der Waals surface area contributed by atoms with E-state index in [1.165, 1.54) is 15.4 Å². The zero-order valence-electron chi connectivity index (χ0n) is 15.9. The molecule has 2 aliphatic heterocycles. The maximum Gasteiger partial charge on any atom is 0.246 e. The van der Waals surface area contributed by atoms with Crippen molar-refractivity contribution < 1.29 is 13.2 Å². The highest BCUT2D eigenvalue weighted by Gasteiger charge is 2.32. The summed E-state index contributed by atoms with van der Waals surface area (Å²) in [5.41, 5.74) is 4.01. The van der Waals surface area contributed by atoms with E-state index in [0.29, 0.717) is 49.3 Å². The van der Waals surface area contributed by atoms with Gasteiger partial charge in [-0.25, -0.2) is 8.42 Å². The van der Waals surface area contributed by atoms with Crippen LogP contribution in [0.25, 0.3) is 0 Å². The molecule has 0 aliphatic carbocycles. The Balaban J connectivity index is 1.56. The SMILES string of the molecule is Cc1nn(CN2CCc3ccccc3C2)c(C)c1S(=O)(=O)N1CCOCC1. The smallest absolute Gasteiger partial charge is 0.246 e. The highest BCUT2D eigenvalue weighted by atomic mass is 32.2. The second-order valence-electron chi connectivity index (χ2n) is 7.23. The van der Waals surface area contributed by atoms with Gasteiger partial charge < -0.3 is 4.74 Å². The van der Waals surface area contributed by atoms with E-state index in [-0.39, 0.29) is 0 Å². The van der Waals surface area contributed by atoms with Crippen molar-refractivity contribution in [3.8, 4) is 0 Å². The van der Waals surface area contributed by atoms with E-state index in [1.54, 1.807) is 6.92 Å². The molecule has 0 radical (unpaired) electrons. The first-order valence-electron chi connectivity index (χ1n) is 9.38. The summed E-state index contributed by atoms with van der Waals surface area (Å²) in [5.74, 6) is 0. The van der Waals surface area contributed by atoms with Crippen LogP contribution < -0.4 is 0 Å². The molecule has 0 spiro atoms. The third kappa shape index (κ3) is 3.54. The van der Waals surface area contributed by atoms with Gasteiger partial charge in [0.15, 0.2) is 0 Å². The van der Waals surface area contributed by atoms with E-state index in [2.05, 4.69) is 34.3 Å². The molecule has 7 nitrogen and oxygen atoms in total. The summed E-state index contributed by atoms with van der Waals surface area (Å²) in [5, 5.41) is 4.56. The van der Waals surface area contributed by atoms with Crippen LogP contribution in [0.3, 0.4) is 0 Å². The van der Waals surface area contributed by atoms with Crippen LogP contribution in [-0.2, 0) is 34.4 Å². The van der Waals surface area contributed by atoms with E-state index < -0.39 is 10.0 Å². The molecule has 0 atom stereocenters. The Morgan fingerprint density at radius 1 is 1.07 bits per heavy atom. The molecule has 2 aromatic rings. The molecule has 0 bridgehead atoms. The number of fused-ring (bicyclic) bond motifs is 1. The highest BCUT2D eigenvalue weighted by Crippen LogP contribution is 2.25. The number of morpholine rings is 1. The monoisotopic (exact) mass is 390 g/mol. The van der Waals surface area contributed by atoms with Crippen molar-refractivity contribution in [3.63, 3.8) is 0 Å². The summed E-state index contributed by atoms with van der Waals surface area (Å²) in [6, 6.07) is 8.50. The minimum Gasteiger partial charge on any atom is -0.379 e. The Morgan fingerprint density at radius 3 is 2.52 bits per heavy atom. The Bertz CT molecular complexity index is 932. The number of benzene rings is 1. The second kappa shape index (κ2) is 7.35. The summed E-state index contributed by atoms with van der Waals surface area (Å²) < 4.78 is 34.8. The molecule has 0 saturated carbocycles. The van der Waals surface area contributed by atoms with Crippen molar-refractivity contribution in [2.75, 3.05) is 32.8 Å². The van der Waals surface area contributed by atoms with Crippen LogP contribution in [-0.4, -0.2) is 60.3 Å². The van der Waals surface area contributed by atoms with Gasteiger partial charge in [0, 0.05) is 26.2 Å². The minimum absolute atomic E-state index is 0.349. The van der Waals surface area contributed by atoms with Gasteiger partial charge in [-0.3, -0.25) is 9.58 Å². The van der Waals surface area contributed by atoms with Crippen LogP contribution in [0.2, 0.25) is 0 Å². The summed E-state index contributed by atoms with van der Waals surface area (Å²) in [6.07, 6.45) is 1.01. The fraction of sp³-hybridized carbons (Fsp3) is 0.526. The molecule has 1 saturated heterocycles. The van der Waals surface area contributed by atoms with E-state index in [1.807, 2.05) is 11.6 Å². The number of hydrogen-bond acceptors (Lipinski definition) is 5. The number of hydrogen-bond donors (Lipinski definition) is 0. The first kappa shape index (κ1) is 18.6. The summed E-state index contributed by atoms with van der Waals surface area (Å²) in [4.78, 5) is 2.66. The van der Waals surface area contributed by atoms with Gasteiger partial charge in [0.25, 0.3) is 0 Å². The predicted molar refractivity (Wildman–Crippen MR) is 102 cm³/mol. The van der Waals surface area contributed by atoms with Crippen LogP contribution in [0.4, 0.5) is 0 Å². The van der Waals surface area contributed by atoms with Gasteiger partial charge in [0.2, 0.25) is 10.0 Å². The first-order valence-corrected chi connectivity index (χ1v) is 10.8. The summed E-state index contributed by atoms with van der Waals surface area (Å²) in [6.45, 7) is 7.72. The van der Waals surface area contributed by atoms with Gasteiger partial charge in [-0.2, -0.15) is 9.40 Å². The molecule has 2 aliphatic rings. The Labute approximate surface area is 160 Å². The Hall–Kier alpha value is -1.74. The summed E-state index contributed by atoms with van der Waals surface area (Å²) in [7, 11) is -3.54. The van der Waals surface area contributed by atoms with Crippen LogP contribution >= 0.6 is 0 Å². The van der Waals surface area contributed by atoms with Crippen molar-refractivity contribution in [2.45, 2.75) is 38.4 Å². The number of nitrogens with zero attached hydrogens (tertiary/aromatic N) is 4. The maximum absolute atomic E-state index is 13.1. The molecule has 0 unspecified atom stereocenters. The van der Waals surface area contributed by atoms with E-state index in [9.17, 15) is 8.42 Å². The van der Waals surface area contributed by atoms with Gasteiger partial charge >= 0.3 is 0 Å². The van der Waals surface area contributed by atoms with Crippen molar-refractivity contribution in [1.29, 1.82) is 0 Å². The zero-order chi connectivity index (χ0) is 19.0. The number of sulfonamides is 1. The van der Waals surface area contributed by atoms with Crippen molar-refractivity contribution in [1.82, 2.24) is 19.0 Å². The number of aryl methyl sites for hydroxylation is 1. The largest absolute Gasteiger partial charge is 0.379 e. The third-order valence-electron chi connectivity index (χ3n) is 5.43. The molecule has 8 heteroatoms. The van der Waals surface area contributed by atoms with Crippen LogP contribution in [0, 0.1) is 13.8 Å². The predicted octanol–water partition coefficient (Wildman–Crippen LogP) is 1.54. The Kier molecular flexibility index (Phi) is 5.07. The lowest BCUT2D eigenvalue weighted by Crippen LogP contribution is -2.41. The highest BCUT2D eigenvalue weighted by molar-refractivity contribution is 7.89. The van der Waals surface area contributed by atoms with Crippen molar-refractivity contribution in [2.24, 2.45) is 0 Å². The second-order valence-corrected chi connectivity index (χ2v) is 9.10. The lowest BCUT2D eigenvalue weighted by molar-refractivity contribution is 0.0730. The molecule has 3 heterocycles. The van der Waals surface area contributed by atoms with Gasteiger partial charge in [-0.05, 0) is 31.4 Å². The number of ether oxygens (including phenoxy) is 1. The molecule has 27 heavy (non-hydrogen) atoms. The third-order valence-corrected chi connectivity index (χ3v) is 7.58. The van der Waals surface area contributed by atoms with Gasteiger partial charge in [-0.15, -0.1) is 0 Å². The molecular formula is C19H26N4O3S. The standard InChI is InChI=1S/C19H26N4O3S/c1-15-19(27(24,25)22-9-11-26-12-10-22)16(2)23(20-15)14-21-8-7-17-5-3-4-6-18(17)13-21/h3-6H,7-14H2,1-2H3. The average Bonchev–Trinajstić information content (AvgIpc) is 2.96. The normalized spacial score (nSPS) is 19.2. The van der Waals surface area contributed by atoms with Crippen LogP contribution in [0.5, 0.6) is 0 Å². The molecule has 0 amide bonds. The lowest BCUT2D eigenvalue weighted by atomic mass is 10.0. The van der Waals surface area contributed by atoms with Crippen molar-refractivity contribution >= 4 is 10.0 Å². The van der Waals surface area contributed by atoms with Crippen LogP contribution in [0.1, 0.15) is 22.5 Å². The van der Waals surface area contributed by atoms with Crippen LogP contribution in [0.15, 0.2) is 29.2 Å². The topological polar surface area (TPSA) is 67.7 Å². The number of rotatable bonds is 4. The van der Waals surface area contributed by atoms with Gasteiger partial charge in [0.05, 0.1) is 31.3 Å². The van der Waals surface area contributed by atoms with Gasteiger partial charge in [0.1, 0.15) is 4.90 Å². The zero-order valence-corrected chi connectivity index (χ0v) is 16.7. The molecule has 0 N–H and O–H groups in total. The quantitative estimate of drug-likeness (QED) is 0.792. The Morgan fingerprint density at radius 2 is 1.78 bits per heavy atom. The van der Waals surface area contributed by atoms with Gasteiger partial charge in [-0.1, -0.05) is 24.3 Å².